The SMILES string of the molecule is CCC(NC(=O)Nc1ccc(NC(=O)C2CCCO2)cc1)c1cccc(S(N)(=O)=O)c1. The van der Waals surface area contributed by atoms with Crippen LogP contribution in [0.1, 0.15) is 37.8 Å². The summed E-state index contributed by atoms with van der Waals surface area (Å²) >= 11 is 0. The number of carbonyl (C=O) groups is 2. The molecule has 1 saturated heterocycles. The third-order valence-electron chi connectivity index (χ3n) is 4.93. The first-order chi connectivity index (χ1) is 14.8. The molecule has 3 amide bonds. The molecule has 1 aliphatic rings. The van der Waals surface area contributed by atoms with Gasteiger partial charge in [-0.25, -0.2) is 18.4 Å². The lowest BCUT2D eigenvalue weighted by Gasteiger charge is -2.18. The lowest BCUT2D eigenvalue weighted by molar-refractivity contribution is -0.124. The van der Waals surface area contributed by atoms with Gasteiger partial charge in [0.1, 0.15) is 6.10 Å². The third-order valence-corrected chi connectivity index (χ3v) is 5.85. The highest BCUT2D eigenvalue weighted by Gasteiger charge is 2.23. The highest BCUT2D eigenvalue weighted by molar-refractivity contribution is 7.89. The van der Waals surface area contributed by atoms with E-state index in [1.165, 1.54) is 12.1 Å². The second-order valence-electron chi connectivity index (χ2n) is 7.25. The molecule has 2 aromatic rings. The van der Waals surface area contributed by atoms with E-state index < -0.39 is 28.2 Å². The second-order valence-corrected chi connectivity index (χ2v) is 8.81. The maximum atomic E-state index is 12.4. The predicted octanol–water partition coefficient (Wildman–Crippen LogP) is 2.72. The van der Waals surface area contributed by atoms with Crippen molar-refractivity contribution < 1.29 is 22.7 Å². The molecule has 2 unspecified atom stereocenters. The number of hydrogen-bond donors (Lipinski definition) is 4. The van der Waals surface area contributed by atoms with Crippen LogP contribution in [-0.2, 0) is 19.6 Å². The van der Waals surface area contributed by atoms with E-state index >= 15 is 0 Å². The van der Waals surface area contributed by atoms with Crippen molar-refractivity contribution >= 4 is 33.3 Å². The van der Waals surface area contributed by atoms with E-state index in [2.05, 4.69) is 16.0 Å². The molecule has 0 aliphatic carbocycles. The normalized spacial score (nSPS) is 17.0. The molecule has 3 rings (SSSR count). The molecule has 0 aromatic heterocycles. The second kappa shape index (κ2) is 9.90. The Balaban J connectivity index is 1.58. The largest absolute Gasteiger partial charge is 0.368 e. The standard InChI is InChI=1S/C21H26N4O5S/c1-2-18(14-5-3-6-17(13-14)31(22,28)29)25-21(27)24-16-10-8-15(9-11-16)23-20(26)19-7-4-12-30-19/h3,5-6,8-11,13,18-19H,2,4,7,12H2,1H3,(H,23,26)(H2,22,28,29)(H2,24,25,27). The molecule has 1 aliphatic heterocycles. The zero-order chi connectivity index (χ0) is 22.4. The molecule has 2 atom stereocenters. The van der Waals surface area contributed by atoms with Gasteiger partial charge in [0.15, 0.2) is 0 Å². The van der Waals surface area contributed by atoms with Crippen LogP contribution in [0.2, 0.25) is 0 Å². The Morgan fingerprint density at radius 3 is 2.39 bits per heavy atom. The van der Waals surface area contributed by atoms with Crippen LogP contribution in [0.5, 0.6) is 0 Å². The summed E-state index contributed by atoms with van der Waals surface area (Å²) in [5.74, 6) is -0.177. The summed E-state index contributed by atoms with van der Waals surface area (Å²) < 4.78 is 28.5. The third kappa shape index (κ3) is 6.27. The molecule has 31 heavy (non-hydrogen) atoms. The minimum atomic E-state index is -3.83. The zero-order valence-corrected chi connectivity index (χ0v) is 17.9. The Bertz CT molecular complexity index is 1030. The molecule has 0 bridgehead atoms. The molecule has 10 heteroatoms. The van der Waals surface area contributed by atoms with Crippen molar-refractivity contribution in [3.63, 3.8) is 0 Å². The first kappa shape index (κ1) is 22.7. The Morgan fingerprint density at radius 1 is 1.13 bits per heavy atom. The van der Waals surface area contributed by atoms with Crippen molar-refractivity contribution in [2.24, 2.45) is 5.14 Å². The maximum absolute atomic E-state index is 12.4. The van der Waals surface area contributed by atoms with Crippen LogP contribution in [-0.4, -0.2) is 33.1 Å². The quantitative estimate of drug-likeness (QED) is 0.518. The number of sulfonamides is 1. The maximum Gasteiger partial charge on any atom is 0.319 e. The number of benzene rings is 2. The molecule has 166 valence electrons. The summed E-state index contributed by atoms with van der Waals surface area (Å²) in [5, 5.41) is 13.5. The number of carbonyl (C=O) groups excluding carboxylic acids is 2. The van der Waals surface area contributed by atoms with E-state index in [4.69, 9.17) is 9.88 Å². The van der Waals surface area contributed by atoms with Gasteiger partial charge in [-0.05, 0) is 61.2 Å². The van der Waals surface area contributed by atoms with Gasteiger partial charge >= 0.3 is 6.03 Å². The number of ether oxygens (including phenoxy) is 1. The van der Waals surface area contributed by atoms with E-state index in [0.29, 0.717) is 36.4 Å². The van der Waals surface area contributed by atoms with Gasteiger partial charge in [0, 0.05) is 18.0 Å². The van der Waals surface area contributed by atoms with Gasteiger partial charge in [-0.15, -0.1) is 0 Å². The summed E-state index contributed by atoms with van der Waals surface area (Å²) in [6.45, 7) is 2.47. The number of rotatable bonds is 7. The number of amides is 3. The average molecular weight is 447 g/mol. The molecule has 5 N–H and O–H groups in total. The van der Waals surface area contributed by atoms with Gasteiger partial charge in [0.05, 0.1) is 10.9 Å². The van der Waals surface area contributed by atoms with Crippen LogP contribution in [0.4, 0.5) is 16.2 Å². The zero-order valence-electron chi connectivity index (χ0n) is 17.1. The average Bonchev–Trinajstić information content (AvgIpc) is 3.28. The van der Waals surface area contributed by atoms with Gasteiger partial charge in [-0.1, -0.05) is 19.1 Å². The fraction of sp³-hybridized carbons (Fsp3) is 0.333. The smallest absolute Gasteiger partial charge is 0.319 e. The summed E-state index contributed by atoms with van der Waals surface area (Å²) in [5.41, 5.74) is 1.79. The van der Waals surface area contributed by atoms with Gasteiger partial charge in [-0.2, -0.15) is 0 Å². The lowest BCUT2D eigenvalue weighted by Crippen LogP contribution is -2.32. The molecular weight excluding hydrogens is 420 g/mol. The summed E-state index contributed by atoms with van der Waals surface area (Å²) in [6, 6.07) is 12.1. The van der Waals surface area contributed by atoms with Crippen LogP contribution >= 0.6 is 0 Å². The molecule has 0 saturated carbocycles. The van der Waals surface area contributed by atoms with Crippen LogP contribution < -0.4 is 21.1 Å². The Hall–Kier alpha value is -2.95. The Kier molecular flexibility index (Phi) is 7.26. The highest BCUT2D eigenvalue weighted by atomic mass is 32.2. The molecular formula is C21H26N4O5S. The fourth-order valence-corrected chi connectivity index (χ4v) is 3.87. The molecule has 2 aromatic carbocycles. The summed E-state index contributed by atoms with van der Waals surface area (Å²) in [4.78, 5) is 24.5. The van der Waals surface area contributed by atoms with Crippen molar-refractivity contribution in [2.45, 2.75) is 43.2 Å². The molecule has 0 radical (unpaired) electrons. The van der Waals surface area contributed by atoms with Gasteiger partial charge < -0.3 is 20.7 Å². The molecule has 1 heterocycles. The van der Waals surface area contributed by atoms with Gasteiger partial charge in [-0.3, -0.25) is 4.79 Å². The number of nitrogens with two attached hydrogens (primary N) is 1. The van der Waals surface area contributed by atoms with Crippen molar-refractivity contribution in [3.05, 3.63) is 54.1 Å². The summed E-state index contributed by atoms with van der Waals surface area (Å²) in [7, 11) is -3.83. The Labute approximate surface area is 181 Å². The number of hydrogen-bond acceptors (Lipinski definition) is 5. The summed E-state index contributed by atoms with van der Waals surface area (Å²) in [6.07, 6.45) is 1.73. The minimum Gasteiger partial charge on any atom is -0.368 e. The molecule has 9 nitrogen and oxygen atoms in total. The van der Waals surface area contributed by atoms with Crippen LogP contribution in [0, 0.1) is 0 Å². The van der Waals surface area contributed by atoms with Crippen LogP contribution in [0.3, 0.4) is 0 Å². The number of primary sulfonamides is 1. The van der Waals surface area contributed by atoms with E-state index in [0.717, 1.165) is 6.42 Å². The number of urea groups is 1. The van der Waals surface area contributed by atoms with E-state index in [1.54, 1.807) is 36.4 Å². The van der Waals surface area contributed by atoms with Crippen molar-refractivity contribution in [1.82, 2.24) is 5.32 Å². The topological polar surface area (TPSA) is 140 Å². The number of nitrogens with one attached hydrogen (secondary N) is 3. The van der Waals surface area contributed by atoms with E-state index in [-0.39, 0.29) is 10.8 Å². The van der Waals surface area contributed by atoms with E-state index in [9.17, 15) is 18.0 Å². The minimum absolute atomic E-state index is 0.00806. The Morgan fingerprint density at radius 2 is 1.81 bits per heavy atom. The predicted molar refractivity (Wildman–Crippen MR) is 117 cm³/mol. The fourth-order valence-electron chi connectivity index (χ4n) is 3.30. The van der Waals surface area contributed by atoms with E-state index in [1.807, 2.05) is 6.92 Å². The van der Waals surface area contributed by atoms with Crippen molar-refractivity contribution in [2.75, 3.05) is 17.2 Å². The number of anilines is 2. The first-order valence-electron chi connectivity index (χ1n) is 9.99. The lowest BCUT2D eigenvalue weighted by atomic mass is 10.1. The van der Waals surface area contributed by atoms with Gasteiger partial charge in [0.2, 0.25) is 10.0 Å². The van der Waals surface area contributed by atoms with Crippen molar-refractivity contribution in [3.8, 4) is 0 Å². The monoisotopic (exact) mass is 446 g/mol. The van der Waals surface area contributed by atoms with Crippen molar-refractivity contribution in [1.29, 1.82) is 0 Å². The highest BCUT2D eigenvalue weighted by Crippen LogP contribution is 2.21. The van der Waals surface area contributed by atoms with Crippen LogP contribution in [0.25, 0.3) is 0 Å². The van der Waals surface area contributed by atoms with Crippen LogP contribution in [0.15, 0.2) is 53.4 Å². The van der Waals surface area contributed by atoms with Gasteiger partial charge in [0.25, 0.3) is 5.91 Å². The first-order valence-corrected chi connectivity index (χ1v) is 11.5. The molecule has 0 spiro atoms. The molecule has 1 fully saturated rings.